The molecule has 0 saturated carbocycles. The van der Waals surface area contributed by atoms with Gasteiger partial charge in [-0.3, -0.25) is 9.59 Å². The van der Waals surface area contributed by atoms with E-state index in [9.17, 15) is 9.59 Å². The molecule has 0 aliphatic carbocycles. The van der Waals surface area contributed by atoms with E-state index in [1.165, 1.54) is 6.92 Å². The van der Waals surface area contributed by atoms with Gasteiger partial charge in [-0.25, -0.2) is 4.98 Å². The summed E-state index contributed by atoms with van der Waals surface area (Å²) in [5.41, 5.74) is 1.75. The Morgan fingerprint density at radius 3 is 2.57 bits per heavy atom. The monoisotopic (exact) mass is 287 g/mol. The Morgan fingerprint density at radius 2 is 1.95 bits per heavy atom. The van der Waals surface area contributed by atoms with Crippen molar-refractivity contribution in [1.82, 2.24) is 10.3 Å². The van der Waals surface area contributed by atoms with Crippen LogP contribution in [-0.4, -0.2) is 42.1 Å². The normalized spacial score (nSPS) is 12.0. The molecular weight excluding hydrogens is 270 g/mol. The molecule has 110 valence electrons. The van der Waals surface area contributed by atoms with Crippen LogP contribution in [0, 0.1) is 0 Å². The minimum atomic E-state index is -1.09. The van der Waals surface area contributed by atoms with E-state index < -0.39 is 17.9 Å². The van der Waals surface area contributed by atoms with E-state index in [0.717, 1.165) is 11.1 Å². The lowest BCUT2D eigenvalue weighted by molar-refractivity contribution is -0.138. The van der Waals surface area contributed by atoms with Crippen molar-refractivity contribution in [3.05, 3.63) is 36.0 Å². The highest BCUT2D eigenvalue weighted by Crippen LogP contribution is 2.25. The largest absolute Gasteiger partial charge is 0.480 e. The number of fused-ring (bicyclic) bond motifs is 1. The molecule has 6 nitrogen and oxygen atoms in total. The highest BCUT2D eigenvalue weighted by Gasteiger charge is 2.18. The second-order valence-electron chi connectivity index (χ2n) is 4.97. The number of nitrogens with one attached hydrogen (secondary N) is 1. The van der Waals surface area contributed by atoms with Gasteiger partial charge in [-0.1, -0.05) is 18.2 Å². The minimum Gasteiger partial charge on any atom is -0.480 e. The van der Waals surface area contributed by atoms with Gasteiger partial charge < -0.3 is 15.3 Å². The maximum atomic E-state index is 12.1. The summed E-state index contributed by atoms with van der Waals surface area (Å²) in [6.45, 7) is 1.41. The molecule has 0 bridgehead atoms. The number of aromatic nitrogens is 1. The summed E-state index contributed by atoms with van der Waals surface area (Å²) in [7, 11) is 3.76. The Morgan fingerprint density at radius 1 is 1.29 bits per heavy atom. The zero-order valence-corrected chi connectivity index (χ0v) is 12.1. The van der Waals surface area contributed by atoms with Gasteiger partial charge in [0.2, 0.25) is 0 Å². The number of aliphatic carboxylic acids is 1. The highest BCUT2D eigenvalue weighted by molar-refractivity contribution is 6.01. The fourth-order valence-corrected chi connectivity index (χ4v) is 1.98. The van der Waals surface area contributed by atoms with Crippen LogP contribution in [0.4, 0.5) is 5.69 Å². The van der Waals surface area contributed by atoms with Gasteiger partial charge in [0.05, 0.1) is 5.52 Å². The van der Waals surface area contributed by atoms with E-state index in [4.69, 9.17) is 5.11 Å². The average Bonchev–Trinajstić information content (AvgIpc) is 2.45. The zero-order valence-electron chi connectivity index (χ0n) is 12.1. The van der Waals surface area contributed by atoms with Crippen LogP contribution in [0.3, 0.4) is 0 Å². The first-order valence-electron chi connectivity index (χ1n) is 6.51. The Bertz CT molecular complexity index is 698. The first-order chi connectivity index (χ1) is 9.90. The van der Waals surface area contributed by atoms with Gasteiger partial charge in [0, 0.05) is 25.2 Å². The lowest BCUT2D eigenvalue weighted by Crippen LogP contribution is -2.38. The number of amides is 1. The Balaban J connectivity index is 2.45. The van der Waals surface area contributed by atoms with E-state index in [0.29, 0.717) is 5.52 Å². The van der Waals surface area contributed by atoms with Crippen molar-refractivity contribution < 1.29 is 14.7 Å². The van der Waals surface area contributed by atoms with Crippen molar-refractivity contribution in [3.63, 3.8) is 0 Å². The van der Waals surface area contributed by atoms with Crippen LogP contribution in [-0.2, 0) is 4.79 Å². The number of rotatable bonds is 4. The predicted molar refractivity (Wildman–Crippen MR) is 80.6 cm³/mol. The molecule has 0 unspecified atom stereocenters. The number of benzene rings is 1. The van der Waals surface area contributed by atoms with E-state index in [-0.39, 0.29) is 5.69 Å². The molecule has 1 amide bonds. The van der Waals surface area contributed by atoms with Crippen molar-refractivity contribution in [3.8, 4) is 0 Å². The smallest absolute Gasteiger partial charge is 0.325 e. The van der Waals surface area contributed by atoms with E-state index in [2.05, 4.69) is 10.3 Å². The molecule has 2 N–H and O–H groups in total. The standard InChI is InChI=1S/C15H17N3O3/c1-9(15(20)21)16-14(19)12-8-13(18(2)3)10-6-4-5-7-11(10)17-12/h4-9H,1-3H3,(H,16,19)(H,20,21)/t9-/m1/s1. The van der Waals surface area contributed by atoms with Gasteiger partial charge >= 0.3 is 5.97 Å². The molecule has 1 aromatic carbocycles. The number of hydrogen-bond acceptors (Lipinski definition) is 4. The molecular formula is C15H17N3O3. The minimum absolute atomic E-state index is 0.200. The second kappa shape index (κ2) is 5.78. The van der Waals surface area contributed by atoms with Crippen molar-refractivity contribution in [2.75, 3.05) is 19.0 Å². The molecule has 0 fully saturated rings. The number of carbonyl (C=O) groups is 2. The topological polar surface area (TPSA) is 82.5 Å². The lowest BCUT2D eigenvalue weighted by Gasteiger charge is -2.17. The first-order valence-corrected chi connectivity index (χ1v) is 6.51. The third-order valence-corrected chi connectivity index (χ3v) is 3.13. The summed E-state index contributed by atoms with van der Waals surface area (Å²) < 4.78 is 0. The molecule has 0 saturated heterocycles. The number of nitrogens with zero attached hydrogens (tertiary/aromatic N) is 2. The van der Waals surface area contributed by atoms with Gasteiger partial charge in [-0.2, -0.15) is 0 Å². The third kappa shape index (κ3) is 3.10. The van der Waals surface area contributed by atoms with Crippen LogP contribution in [0.15, 0.2) is 30.3 Å². The predicted octanol–water partition coefficient (Wildman–Crippen LogP) is 1.50. The van der Waals surface area contributed by atoms with Gasteiger partial charge in [0.15, 0.2) is 0 Å². The quantitative estimate of drug-likeness (QED) is 0.890. The van der Waals surface area contributed by atoms with Crippen molar-refractivity contribution in [2.24, 2.45) is 0 Å². The fourth-order valence-electron chi connectivity index (χ4n) is 1.98. The summed E-state index contributed by atoms with van der Waals surface area (Å²) in [4.78, 5) is 29.1. The molecule has 0 aliphatic heterocycles. The maximum absolute atomic E-state index is 12.1. The van der Waals surface area contributed by atoms with Crippen LogP contribution >= 0.6 is 0 Å². The van der Waals surface area contributed by atoms with E-state index >= 15 is 0 Å². The van der Waals surface area contributed by atoms with Crippen LogP contribution in [0.25, 0.3) is 10.9 Å². The molecule has 1 heterocycles. The fraction of sp³-hybridized carbons (Fsp3) is 0.267. The van der Waals surface area contributed by atoms with Crippen molar-refractivity contribution >= 4 is 28.5 Å². The Hall–Kier alpha value is -2.63. The maximum Gasteiger partial charge on any atom is 0.325 e. The van der Waals surface area contributed by atoms with Crippen molar-refractivity contribution in [2.45, 2.75) is 13.0 Å². The third-order valence-electron chi connectivity index (χ3n) is 3.13. The molecule has 21 heavy (non-hydrogen) atoms. The summed E-state index contributed by atoms with van der Waals surface area (Å²) in [6, 6.07) is 8.19. The summed E-state index contributed by atoms with van der Waals surface area (Å²) in [5, 5.41) is 12.2. The molecule has 1 atom stereocenters. The highest BCUT2D eigenvalue weighted by atomic mass is 16.4. The van der Waals surface area contributed by atoms with Gasteiger partial charge in [-0.05, 0) is 19.1 Å². The van der Waals surface area contributed by atoms with Crippen LogP contribution in [0.2, 0.25) is 0 Å². The number of anilines is 1. The SMILES string of the molecule is C[C@@H](NC(=O)c1cc(N(C)C)c2ccccc2n1)C(=O)O. The van der Waals surface area contributed by atoms with E-state index in [1.807, 2.05) is 43.3 Å². The number of hydrogen-bond donors (Lipinski definition) is 2. The van der Waals surface area contributed by atoms with Gasteiger partial charge in [0.1, 0.15) is 11.7 Å². The molecule has 1 aromatic heterocycles. The summed E-state index contributed by atoms with van der Waals surface area (Å²) in [5.74, 6) is -1.59. The van der Waals surface area contributed by atoms with Crippen molar-refractivity contribution in [1.29, 1.82) is 0 Å². The zero-order chi connectivity index (χ0) is 15.6. The van der Waals surface area contributed by atoms with Gasteiger partial charge in [0.25, 0.3) is 5.91 Å². The molecule has 0 aliphatic rings. The molecule has 2 aromatic rings. The molecule has 2 rings (SSSR count). The lowest BCUT2D eigenvalue weighted by atomic mass is 10.1. The van der Waals surface area contributed by atoms with Crippen LogP contribution < -0.4 is 10.2 Å². The van der Waals surface area contributed by atoms with Crippen LogP contribution in [0.1, 0.15) is 17.4 Å². The number of carboxylic acid groups (broad SMARTS) is 1. The average molecular weight is 287 g/mol. The first kappa shape index (κ1) is 14.8. The van der Waals surface area contributed by atoms with E-state index in [1.54, 1.807) is 6.07 Å². The Kier molecular flexibility index (Phi) is 4.07. The number of pyridine rings is 1. The number of para-hydroxylation sites is 1. The Labute approximate surface area is 122 Å². The number of carbonyl (C=O) groups excluding carboxylic acids is 1. The molecule has 6 heteroatoms. The number of carboxylic acids is 1. The molecule has 0 spiro atoms. The van der Waals surface area contributed by atoms with Crippen LogP contribution in [0.5, 0.6) is 0 Å². The summed E-state index contributed by atoms with van der Waals surface area (Å²) >= 11 is 0. The summed E-state index contributed by atoms with van der Waals surface area (Å²) in [6.07, 6.45) is 0. The molecule has 0 radical (unpaired) electrons. The van der Waals surface area contributed by atoms with Gasteiger partial charge in [-0.15, -0.1) is 0 Å². The second-order valence-corrected chi connectivity index (χ2v) is 4.97.